The molecule has 0 atom stereocenters. The lowest BCUT2D eigenvalue weighted by molar-refractivity contribution is -0.384. The highest BCUT2D eigenvalue weighted by Gasteiger charge is 2.14. The number of H-pyrrole nitrogens is 1. The van der Waals surface area contributed by atoms with Crippen molar-refractivity contribution in [2.45, 2.75) is 0 Å². The highest BCUT2D eigenvalue weighted by molar-refractivity contribution is 6.03. The first-order valence-corrected chi connectivity index (χ1v) is 5.06. The molecule has 92 valence electrons. The van der Waals surface area contributed by atoms with Crippen LogP contribution in [0.4, 0.5) is 17.1 Å². The first-order valence-electron chi connectivity index (χ1n) is 5.06. The molecule has 0 aliphatic rings. The van der Waals surface area contributed by atoms with Gasteiger partial charge in [0, 0.05) is 17.4 Å². The molecule has 2 aromatic rings. The number of rotatable bonds is 3. The van der Waals surface area contributed by atoms with Crippen molar-refractivity contribution in [3.63, 3.8) is 0 Å². The highest BCUT2D eigenvalue weighted by Crippen LogP contribution is 2.15. The maximum Gasteiger partial charge on any atom is 0.287 e. The summed E-state index contributed by atoms with van der Waals surface area (Å²) < 4.78 is 0. The molecular formula is C11H10N4O3. The van der Waals surface area contributed by atoms with Gasteiger partial charge in [0.05, 0.1) is 11.1 Å². The van der Waals surface area contributed by atoms with Crippen LogP contribution in [-0.2, 0) is 0 Å². The van der Waals surface area contributed by atoms with E-state index in [-0.39, 0.29) is 11.4 Å². The van der Waals surface area contributed by atoms with Crippen LogP contribution in [0.15, 0.2) is 36.5 Å². The number of carbonyl (C=O) groups is 1. The molecule has 7 heteroatoms. The van der Waals surface area contributed by atoms with E-state index >= 15 is 0 Å². The molecule has 0 radical (unpaired) electrons. The van der Waals surface area contributed by atoms with Crippen LogP contribution in [0.5, 0.6) is 0 Å². The molecule has 1 amide bonds. The van der Waals surface area contributed by atoms with Crippen LogP contribution in [0.2, 0.25) is 0 Å². The second kappa shape index (κ2) is 4.58. The predicted octanol–water partition coefficient (Wildman–Crippen LogP) is 1.76. The largest absolute Gasteiger partial charge is 0.399 e. The molecule has 7 nitrogen and oxygen atoms in total. The van der Waals surface area contributed by atoms with E-state index in [1.807, 2.05) is 0 Å². The summed E-state index contributed by atoms with van der Waals surface area (Å²) in [7, 11) is 0. The van der Waals surface area contributed by atoms with Gasteiger partial charge in [0.25, 0.3) is 11.6 Å². The van der Waals surface area contributed by atoms with Crippen molar-refractivity contribution in [1.82, 2.24) is 4.98 Å². The molecule has 18 heavy (non-hydrogen) atoms. The van der Waals surface area contributed by atoms with Crippen LogP contribution >= 0.6 is 0 Å². The van der Waals surface area contributed by atoms with Crippen molar-refractivity contribution < 1.29 is 9.72 Å². The van der Waals surface area contributed by atoms with Crippen LogP contribution in [0.25, 0.3) is 0 Å². The summed E-state index contributed by atoms with van der Waals surface area (Å²) in [4.78, 5) is 24.2. The van der Waals surface area contributed by atoms with Gasteiger partial charge in [0.2, 0.25) is 0 Å². The third kappa shape index (κ3) is 2.46. The minimum Gasteiger partial charge on any atom is -0.399 e. The first kappa shape index (κ1) is 11.6. The third-order valence-electron chi connectivity index (χ3n) is 2.27. The molecule has 0 saturated heterocycles. The van der Waals surface area contributed by atoms with E-state index in [1.54, 1.807) is 24.3 Å². The number of nitro groups is 1. The summed E-state index contributed by atoms with van der Waals surface area (Å²) in [6.07, 6.45) is 1.16. The van der Waals surface area contributed by atoms with Gasteiger partial charge in [-0.25, -0.2) is 0 Å². The highest BCUT2D eigenvalue weighted by atomic mass is 16.6. The van der Waals surface area contributed by atoms with Gasteiger partial charge in [0.1, 0.15) is 5.69 Å². The average molecular weight is 246 g/mol. The number of carbonyl (C=O) groups excluding carboxylic acids is 1. The van der Waals surface area contributed by atoms with Crippen LogP contribution in [0.3, 0.4) is 0 Å². The van der Waals surface area contributed by atoms with Gasteiger partial charge in [-0.1, -0.05) is 6.07 Å². The Labute approximate surface area is 102 Å². The number of hydrogen-bond acceptors (Lipinski definition) is 4. The van der Waals surface area contributed by atoms with Crippen molar-refractivity contribution in [1.29, 1.82) is 0 Å². The minimum absolute atomic E-state index is 0.115. The van der Waals surface area contributed by atoms with Crippen LogP contribution in [-0.4, -0.2) is 15.8 Å². The molecule has 0 spiro atoms. The molecule has 0 aliphatic carbocycles. The van der Waals surface area contributed by atoms with Gasteiger partial charge in [0.15, 0.2) is 0 Å². The normalized spacial score (nSPS) is 10.0. The number of benzene rings is 1. The third-order valence-corrected chi connectivity index (χ3v) is 2.27. The standard InChI is InChI=1S/C11H10N4O3/c12-7-2-1-3-8(4-7)14-11(16)10-5-9(6-13-10)15(17)18/h1-6,13H,12H2,(H,14,16). The molecule has 1 aromatic heterocycles. The summed E-state index contributed by atoms with van der Waals surface area (Å²) in [6.45, 7) is 0. The lowest BCUT2D eigenvalue weighted by Gasteiger charge is -2.03. The minimum atomic E-state index is -0.576. The predicted molar refractivity (Wildman–Crippen MR) is 66.3 cm³/mol. The van der Waals surface area contributed by atoms with Crippen LogP contribution < -0.4 is 11.1 Å². The number of nitrogens with zero attached hydrogens (tertiary/aromatic N) is 1. The maximum absolute atomic E-state index is 11.8. The Morgan fingerprint density at radius 1 is 1.39 bits per heavy atom. The summed E-state index contributed by atoms with van der Waals surface area (Å²) in [6, 6.07) is 7.82. The fourth-order valence-electron chi connectivity index (χ4n) is 1.43. The summed E-state index contributed by atoms with van der Waals surface area (Å²) in [5.74, 6) is -0.464. The number of nitrogens with two attached hydrogens (primary N) is 1. The fraction of sp³-hybridized carbons (Fsp3) is 0. The average Bonchev–Trinajstić information content (AvgIpc) is 2.78. The van der Waals surface area contributed by atoms with Crippen molar-refractivity contribution in [2.24, 2.45) is 0 Å². The van der Waals surface area contributed by atoms with Gasteiger partial charge < -0.3 is 16.0 Å². The molecule has 1 heterocycles. The zero-order chi connectivity index (χ0) is 13.1. The monoisotopic (exact) mass is 246 g/mol. The van der Waals surface area contributed by atoms with E-state index < -0.39 is 10.8 Å². The lowest BCUT2D eigenvalue weighted by atomic mass is 10.2. The molecule has 0 unspecified atom stereocenters. The second-order valence-electron chi connectivity index (χ2n) is 3.61. The van der Waals surface area contributed by atoms with Gasteiger partial charge in [-0.05, 0) is 18.2 Å². The van der Waals surface area contributed by atoms with Crippen molar-refractivity contribution >= 4 is 23.0 Å². The first-order chi connectivity index (χ1) is 8.56. The van der Waals surface area contributed by atoms with Crippen molar-refractivity contribution in [3.8, 4) is 0 Å². The summed E-state index contributed by atoms with van der Waals surface area (Å²) in [5.41, 5.74) is 6.57. The number of aromatic nitrogens is 1. The Morgan fingerprint density at radius 3 is 2.78 bits per heavy atom. The van der Waals surface area contributed by atoms with Crippen molar-refractivity contribution in [3.05, 3.63) is 52.3 Å². The van der Waals surface area contributed by atoms with E-state index in [2.05, 4.69) is 10.3 Å². The zero-order valence-electron chi connectivity index (χ0n) is 9.21. The number of aromatic amines is 1. The molecule has 0 bridgehead atoms. The maximum atomic E-state index is 11.8. The van der Waals surface area contributed by atoms with E-state index in [1.165, 1.54) is 6.07 Å². The molecule has 0 saturated carbocycles. The van der Waals surface area contributed by atoms with E-state index in [0.717, 1.165) is 6.20 Å². The molecular weight excluding hydrogens is 236 g/mol. The van der Waals surface area contributed by atoms with Gasteiger partial charge in [-0.3, -0.25) is 14.9 Å². The number of nitrogen functional groups attached to an aromatic ring is 1. The Hall–Kier alpha value is -2.83. The fourth-order valence-corrected chi connectivity index (χ4v) is 1.43. The SMILES string of the molecule is Nc1cccc(NC(=O)c2cc([N+](=O)[O-])c[nH]2)c1. The van der Waals surface area contributed by atoms with Crippen LogP contribution in [0, 0.1) is 10.1 Å². The molecule has 1 aromatic carbocycles. The van der Waals surface area contributed by atoms with E-state index in [0.29, 0.717) is 11.4 Å². The number of amides is 1. The van der Waals surface area contributed by atoms with E-state index in [9.17, 15) is 14.9 Å². The second-order valence-corrected chi connectivity index (χ2v) is 3.61. The smallest absolute Gasteiger partial charge is 0.287 e. The molecule has 0 fully saturated rings. The van der Waals surface area contributed by atoms with Gasteiger partial charge >= 0.3 is 0 Å². The molecule has 4 N–H and O–H groups in total. The molecule has 2 rings (SSSR count). The number of hydrogen-bond donors (Lipinski definition) is 3. The van der Waals surface area contributed by atoms with Gasteiger partial charge in [-0.15, -0.1) is 0 Å². The van der Waals surface area contributed by atoms with Crippen molar-refractivity contribution in [2.75, 3.05) is 11.1 Å². The zero-order valence-corrected chi connectivity index (χ0v) is 9.21. The Balaban J connectivity index is 2.14. The number of anilines is 2. The number of nitrogens with one attached hydrogen (secondary N) is 2. The van der Waals surface area contributed by atoms with Crippen LogP contribution in [0.1, 0.15) is 10.5 Å². The Bertz CT molecular complexity index is 606. The lowest BCUT2D eigenvalue weighted by Crippen LogP contribution is -2.12. The quantitative estimate of drug-likeness (QED) is 0.434. The van der Waals surface area contributed by atoms with Gasteiger partial charge in [-0.2, -0.15) is 0 Å². The topological polar surface area (TPSA) is 114 Å². The molecule has 0 aliphatic heterocycles. The Kier molecular flexibility index (Phi) is 2.96. The van der Waals surface area contributed by atoms with E-state index in [4.69, 9.17) is 5.73 Å². The Morgan fingerprint density at radius 2 is 2.17 bits per heavy atom. The summed E-state index contributed by atoms with van der Waals surface area (Å²) in [5, 5.41) is 13.1. The summed E-state index contributed by atoms with van der Waals surface area (Å²) >= 11 is 0.